The number of nitrogens with one attached hydrogen (secondary N) is 1. The molecule has 0 spiro atoms. The molecule has 0 unspecified atom stereocenters. The van der Waals surface area contributed by atoms with Crippen LogP contribution in [0.5, 0.6) is 5.75 Å². The first-order valence-corrected chi connectivity index (χ1v) is 6.09. The highest BCUT2D eigenvalue weighted by molar-refractivity contribution is 5.97. The van der Waals surface area contributed by atoms with Gasteiger partial charge in [-0.3, -0.25) is 5.41 Å². The third-order valence-electron chi connectivity index (χ3n) is 2.62. The summed E-state index contributed by atoms with van der Waals surface area (Å²) in [6.07, 6.45) is 0.0922. The first-order chi connectivity index (χ1) is 8.36. The maximum absolute atomic E-state index is 7.73. The van der Waals surface area contributed by atoms with Crippen LogP contribution in [0.25, 0.3) is 0 Å². The van der Waals surface area contributed by atoms with Crippen molar-refractivity contribution in [3.8, 4) is 5.75 Å². The van der Waals surface area contributed by atoms with E-state index >= 15 is 0 Å². The summed E-state index contributed by atoms with van der Waals surface area (Å²) in [5, 5.41) is 7.73. The Morgan fingerprint density at radius 3 is 2.28 bits per heavy atom. The van der Waals surface area contributed by atoms with Crippen molar-refractivity contribution >= 4 is 11.6 Å². The van der Waals surface area contributed by atoms with Crippen molar-refractivity contribution < 1.29 is 9.47 Å². The van der Waals surface area contributed by atoms with E-state index in [1.54, 1.807) is 6.07 Å². The highest BCUT2D eigenvalue weighted by Crippen LogP contribution is 2.32. The number of nitrogens with two attached hydrogens (primary N) is 1. The third kappa shape index (κ3) is 3.15. The van der Waals surface area contributed by atoms with E-state index in [2.05, 4.69) is 13.8 Å². The van der Waals surface area contributed by atoms with Gasteiger partial charge in [0.15, 0.2) is 0 Å². The predicted octanol–water partition coefficient (Wildman–Crippen LogP) is 3.15. The van der Waals surface area contributed by atoms with Gasteiger partial charge < -0.3 is 15.2 Å². The van der Waals surface area contributed by atoms with Crippen LogP contribution in [0.15, 0.2) is 12.1 Å². The summed E-state index contributed by atoms with van der Waals surface area (Å²) >= 11 is 0. The zero-order valence-electron chi connectivity index (χ0n) is 11.7. The molecular formula is C14H22N2O2. The lowest BCUT2D eigenvalue weighted by atomic mass is 9.98. The largest absolute Gasteiger partial charge is 0.491 e. The SMILES string of the molecule is COC(=N)c1cc(C(C)C)c(OC(C)C)cc1N. The molecule has 4 nitrogen and oxygen atoms in total. The lowest BCUT2D eigenvalue weighted by molar-refractivity contribution is 0.239. The van der Waals surface area contributed by atoms with E-state index < -0.39 is 0 Å². The Bertz CT molecular complexity index is 440. The van der Waals surface area contributed by atoms with Gasteiger partial charge >= 0.3 is 0 Å². The summed E-state index contributed by atoms with van der Waals surface area (Å²) in [5.74, 6) is 1.15. The smallest absolute Gasteiger partial charge is 0.215 e. The number of hydrogen-bond donors (Lipinski definition) is 2. The second-order valence-corrected chi connectivity index (χ2v) is 4.83. The highest BCUT2D eigenvalue weighted by atomic mass is 16.5. The number of nitrogen functional groups attached to an aromatic ring is 1. The molecule has 18 heavy (non-hydrogen) atoms. The molecule has 0 aliphatic heterocycles. The average molecular weight is 250 g/mol. The normalized spacial score (nSPS) is 10.8. The number of benzene rings is 1. The monoisotopic (exact) mass is 250 g/mol. The minimum absolute atomic E-state index is 0.0745. The van der Waals surface area contributed by atoms with E-state index in [0.29, 0.717) is 17.2 Å². The molecule has 0 aliphatic carbocycles. The van der Waals surface area contributed by atoms with E-state index in [9.17, 15) is 0 Å². The van der Waals surface area contributed by atoms with E-state index in [-0.39, 0.29) is 12.0 Å². The Morgan fingerprint density at radius 1 is 1.22 bits per heavy atom. The molecule has 1 rings (SSSR count). The molecule has 0 atom stereocenters. The second-order valence-electron chi connectivity index (χ2n) is 4.83. The molecular weight excluding hydrogens is 228 g/mol. The van der Waals surface area contributed by atoms with Crippen molar-refractivity contribution in [1.82, 2.24) is 0 Å². The van der Waals surface area contributed by atoms with Crippen LogP contribution >= 0.6 is 0 Å². The maximum Gasteiger partial charge on any atom is 0.215 e. The van der Waals surface area contributed by atoms with Gasteiger partial charge in [0.1, 0.15) is 5.75 Å². The van der Waals surface area contributed by atoms with Crippen molar-refractivity contribution in [2.24, 2.45) is 0 Å². The van der Waals surface area contributed by atoms with Gasteiger partial charge in [0.2, 0.25) is 5.90 Å². The van der Waals surface area contributed by atoms with Gasteiger partial charge in [-0.2, -0.15) is 0 Å². The van der Waals surface area contributed by atoms with Gasteiger partial charge in [-0.05, 0) is 31.4 Å². The topological polar surface area (TPSA) is 68.3 Å². The Hall–Kier alpha value is -1.71. The van der Waals surface area contributed by atoms with Crippen molar-refractivity contribution in [3.63, 3.8) is 0 Å². The summed E-state index contributed by atoms with van der Waals surface area (Å²) in [5.41, 5.74) is 8.09. The predicted molar refractivity (Wildman–Crippen MR) is 74.5 cm³/mol. The summed E-state index contributed by atoms with van der Waals surface area (Å²) in [6.45, 7) is 8.12. The van der Waals surface area contributed by atoms with Crippen LogP contribution in [-0.2, 0) is 4.74 Å². The van der Waals surface area contributed by atoms with Crippen molar-refractivity contribution in [2.45, 2.75) is 39.7 Å². The van der Waals surface area contributed by atoms with Crippen LogP contribution in [0.1, 0.15) is 44.7 Å². The fourth-order valence-electron chi connectivity index (χ4n) is 1.73. The molecule has 0 saturated carbocycles. The Labute approximate surface area is 109 Å². The maximum atomic E-state index is 7.73. The Balaban J connectivity index is 3.29. The average Bonchev–Trinajstić information content (AvgIpc) is 2.27. The fourth-order valence-corrected chi connectivity index (χ4v) is 1.73. The molecule has 0 bridgehead atoms. The summed E-state index contributed by atoms with van der Waals surface area (Å²) in [7, 11) is 1.47. The molecule has 0 amide bonds. The molecule has 0 saturated heterocycles. The van der Waals surface area contributed by atoms with Crippen LogP contribution in [0.2, 0.25) is 0 Å². The van der Waals surface area contributed by atoms with Crippen LogP contribution in [-0.4, -0.2) is 19.1 Å². The van der Waals surface area contributed by atoms with Gasteiger partial charge in [-0.25, -0.2) is 0 Å². The molecule has 0 aromatic heterocycles. The Kier molecular flexibility index (Phi) is 4.59. The lowest BCUT2D eigenvalue weighted by Gasteiger charge is -2.19. The second kappa shape index (κ2) is 5.76. The fraction of sp³-hybridized carbons (Fsp3) is 0.500. The molecule has 1 aromatic rings. The molecule has 0 aliphatic rings. The molecule has 4 heteroatoms. The number of hydrogen-bond acceptors (Lipinski definition) is 4. The minimum atomic E-state index is 0.0745. The molecule has 3 N–H and O–H groups in total. The van der Waals surface area contributed by atoms with Gasteiger partial charge in [-0.15, -0.1) is 0 Å². The van der Waals surface area contributed by atoms with Gasteiger partial charge in [0.05, 0.1) is 18.8 Å². The van der Waals surface area contributed by atoms with Crippen LogP contribution in [0.3, 0.4) is 0 Å². The zero-order chi connectivity index (χ0) is 13.9. The number of ether oxygens (including phenoxy) is 2. The molecule has 1 aromatic carbocycles. The highest BCUT2D eigenvalue weighted by Gasteiger charge is 2.16. The van der Waals surface area contributed by atoms with Gasteiger partial charge in [0, 0.05) is 11.8 Å². The number of methoxy groups -OCH3 is 1. The molecule has 100 valence electrons. The zero-order valence-corrected chi connectivity index (χ0v) is 11.7. The third-order valence-corrected chi connectivity index (χ3v) is 2.62. The Morgan fingerprint density at radius 2 is 1.83 bits per heavy atom. The standard InChI is InChI=1S/C14H22N2O2/c1-8(2)10-6-11(14(16)17-5)12(15)7-13(10)18-9(3)4/h6-9,16H,15H2,1-5H3. The molecule has 0 heterocycles. The number of rotatable bonds is 4. The van der Waals surface area contributed by atoms with E-state index in [4.69, 9.17) is 20.6 Å². The quantitative estimate of drug-likeness (QED) is 0.490. The first kappa shape index (κ1) is 14.4. The summed E-state index contributed by atoms with van der Waals surface area (Å²) in [6, 6.07) is 3.65. The minimum Gasteiger partial charge on any atom is -0.491 e. The van der Waals surface area contributed by atoms with Gasteiger partial charge in [0.25, 0.3) is 0 Å². The molecule has 0 fully saturated rings. The molecule has 0 radical (unpaired) electrons. The van der Waals surface area contributed by atoms with Gasteiger partial charge in [-0.1, -0.05) is 13.8 Å². The van der Waals surface area contributed by atoms with Crippen LogP contribution in [0.4, 0.5) is 5.69 Å². The van der Waals surface area contributed by atoms with Crippen LogP contribution in [0, 0.1) is 5.41 Å². The van der Waals surface area contributed by atoms with E-state index in [1.807, 2.05) is 19.9 Å². The van der Waals surface area contributed by atoms with Crippen molar-refractivity contribution in [2.75, 3.05) is 12.8 Å². The summed E-state index contributed by atoms with van der Waals surface area (Å²) < 4.78 is 10.7. The van der Waals surface area contributed by atoms with E-state index in [1.165, 1.54) is 7.11 Å². The first-order valence-electron chi connectivity index (χ1n) is 6.09. The lowest BCUT2D eigenvalue weighted by Crippen LogP contribution is -2.12. The van der Waals surface area contributed by atoms with Crippen molar-refractivity contribution in [1.29, 1.82) is 5.41 Å². The number of anilines is 1. The van der Waals surface area contributed by atoms with E-state index in [0.717, 1.165) is 11.3 Å². The van der Waals surface area contributed by atoms with Crippen molar-refractivity contribution in [3.05, 3.63) is 23.3 Å². The summed E-state index contributed by atoms with van der Waals surface area (Å²) in [4.78, 5) is 0. The van der Waals surface area contributed by atoms with Crippen LogP contribution < -0.4 is 10.5 Å².